The van der Waals surface area contributed by atoms with Crippen LogP contribution in [0.2, 0.25) is 0 Å². The summed E-state index contributed by atoms with van der Waals surface area (Å²) in [6.07, 6.45) is 0.223. The third-order valence-corrected chi connectivity index (χ3v) is 4.51. The largest absolute Gasteiger partial charge is 0.486 e. The highest BCUT2D eigenvalue weighted by Gasteiger charge is 2.15. The number of ether oxygens (including phenoxy) is 2. The van der Waals surface area contributed by atoms with E-state index in [1.807, 2.05) is 72.8 Å². The predicted octanol–water partition coefficient (Wildman–Crippen LogP) is 5.75. The highest BCUT2D eigenvalue weighted by Crippen LogP contribution is 2.34. The molecule has 1 heterocycles. The molecule has 0 atom stereocenters. The van der Waals surface area contributed by atoms with Crippen LogP contribution in [0, 0.1) is 0 Å². The Hall–Kier alpha value is -2.79. The second-order valence-corrected chi connectivity index (χ2v) is 6.61. The summed E-state index contributed by atoms with van der Waals surface area (Å²) in [4.78, 5) is 4.46. The molecule has 5 heteroatoms. The Morgan fingerprint density at radius 3 is 2.04 bits per heavy atom. The summed E-state index contributed by atoms with van der Waals surface area (Å²) in [5.41, 5.74) is 3.39. The van der Waals surface area contributed by atoms with Gasteiger partial charge in [-0.3, -0.25) is 0 Å². The maximum Gasteiger partial charge on any atom is 0.395 e. The van der Waals surface area contributed by atoms with Crippen molar-refractivity contribution in [3.8, 4) is 11.8 Å². The van der Waals surface area contributed by atoms with Crippen LogP contribution in [0.15, 0.2) is 81.7 Å². The van der Waals surface area contributed by atoms with Crippen molar-refractivity contribution in [3.05, 3.63) is 88.4 Å². The molecule has 0 radical (unpaired) electrons. The van der Waals surface area contributed by atoms with Gasteiger partial charge in [0.2, 0.25) is 0 Å². The number of fused-ring (bicyclic) bond motifs is 1. The summed E-state index contributed by atoms with van der Waals surface area (Å²) in [7, 11) is 0. The van der Waals surface area contributed by atoms with Crippen molar-refractivity contribution in [1.29, 1.82) is 0 Å². The second-order valence-electron chi connectivity index (χ2n) is 5.75. The monoisotopic (exact) mass is 409 g/mol. The van der Waals surface area contributed by atoms with Crippen molar-refractivity contribution in [1.82, 2.24) is 4.98 Å². The molecule has 0 aliphatic heterocycles. The van der Waals surface area contributed by atoms with E-state index in [4.69, 9.17) is 13.9 Å². The minimum absolute atomic E-state index is 0.223. The Kier molecular flexibility index (Phi) is 4.88. The molecule has 4 rings (SSSR count). The van der Waals surface area contributed by atoms with Crippen LogP contribution in [-0.2, 0) is 13.2 Å². The molecule has 3 aromatic carbocycles. The van der Waals surface area contributed by atoms with E-state index in [0.717, 1.165) is 15.6 Å². The Labute approximate surface area is 159 Å². The van der Waals surface area contributed by atoms with E-state index in [1.165, 1.54) is 0 Å². The fourth-order valence-corrected chi connectivity index (χ4v) is 2.97. The average Bonchev–Trinajstić information content (AvgIpc) is 3.13. The van der Waals surface area contributed by atoms with Gasteiger partial charge in [0.15, 0.2) is 11.1 Å². The zero-order valence-corrected chi connectivity index (χ0v) is 15.5. The molecule has 0 spiro atoms. The van der Waals surface area contributed by atoms with Crippen LogP contribution in [0.4, 0.5) is 0 Å². The minimum atomic E-state index is 0.223. The first-order valence-corrected chi connectivity index (χ1v) is 9.01. The minimum Gasteiger partial charge on any atom is -0.486 e. The molecule has 0 aliphatic carbocycles. The fraction of sp³-hybridized carbons (Fsp3) is 0.0952. The lowest BCUT2D eigenvalue weighted by atomic mass is 10.2. The van der Waals surface area contributed by atoms with Gasteiger partial charge >= 0.3 is 6.08 Å². The first-order valence-electron chi connectivity index (χ1n) is 8.22. The number of aromatic nitrogens is 1. The SMILES string of the molecule is Brc1ccc(OCc2ccccc2)c2nc(OCc3ccccc3)oc12. The zero-order valence-electron chi connectivity index (χ0n) is 13.9. The van der Waals surface area contributed by atoms with Gasteiger partial charge in [-0.1, -0.05) is 60.7 Å². The van der Waals surface area contributed by atoms with Crippen molar-refractivity contribution >= 4 is 27.0 Å². The molecule has 26 heavy (non-hydrogen) atoms. The van der Waals surface area contributed by atoms with Crippen LogP contribution in [0.25, 0.3) is 11.1 Å². The van der Waals surface area contributed by atoms with Gasteiger partial charge in [0, 0.05) is 0 Å². The van der Waals surface area contributed by atoms with Crippen LogP contribution in [0.1, 0.15) is 11.1 Å². The van der Waals surface area contributed by atoms with E-state index >= 15 is 0 Å². The number of hydrogen-bond donors (Lipinski definition) is 0. The molecular weight excluding hydrogens is 394 g/mol. The Morgan fingerprint density at radius 2 is 1.38 bits per heavy atom. The zero-order chi connectivity index (χ0) is 17.8. The average molecular weight is 410 g/mol. The Morgan fingerprint density at radius 1 is 0.769 bits per heavy atom. The van der Waals surface area contributed by atoms with Crippen molar-refractivity contribution < 1.29 is 13.9 Å². The summed E-state index contributed by atoms with van der Waals surface area (Å²) in [6.45, 7) is 0.857. The highest BCUT2D eigenvalue weighted by atomic mass is 79.9. The predicted molar refractivity (Wildman–Crippen MR) is 103 cm³/mol. The molecule has 0 saturated carbocycles. The third-order valence-electron chi connectivity index (χ3n) is 3.88. The molecule has 1 aromatic heterocycles. The van der Waals surface area contributed by atoms with E-state index in [0.29, 0.717) is 30.1 Å². The first-order chi connectivity index (χ1) is 12.8. The van der Waals surface area contributed by atoms with E-state index in [-0.39, 0.29) is 6.08 Å². The number of benzene rings is 3. The van der Waals surface area contributed by atoms with Crippen LogP contribution >= 0.6 is 15.9 Å². The second kappa shape index (κ2) is 7.62. The van der Waals surface area contributed by atoms with E-state index < -0.39 is 0 Å². The molecule has 0 fully saturated rings. The smallest absolute Gasteiger partial charge is 0.395 e. The standard InChI is InChI=1S/C21H16BrNO3/c22-17-11-12-18(24-13-15-7-3-1-4-8-15)19-20(17)26-21(23-19)25-14-16-9-5-2-6-10-16/h1-12H,13-14H2. The van der Waals surface area contributed by atoms with Crippen molar-refractivity contribution in [3.63, 3.8) is 0 Å². The summed E-state index contributed by atoms with van der Waals surface area (Å²) < 4.78 is 18.2. The van der Waals surface area contributed by atoms with Gasteiger partial charge in [0.25, 0.3) is 0 Å². The van der Waals surface area contributed by atoms with Gasteiger partial charge in [-0.15, -0.1) is 0 Å². The van der Waals surface area contributed by atoms with Gasteiger partial charge in [-0.05, 0) is 39.2 Å². The summed E-state index contributed by atoms with van der Waals surface area (Å²) in [5, 5.41) is 0. The molecule has 0 amide bonds. The maximum atomic E-state index is 5.94. The van der Waals surface area contributed by atoms with E-state index in [1.54, 1.807) is 0 Å². The lowest BCUT2D eigenvalue weighted by molar-refractivity contribution is 0.226. The van der Waals surface area contributed by atoms with Gasteiger partial charge in [0.1, 0.15) is 19.0 Å². The Bertz CT molecular complexity index is 1000. The molecular formula is C21H16BrNO3. The fourth-order valence-electron chi connectivity index (χ4n) is 2.57. The normalized spacial score (nSPS) is 10.8. The van der Waals surface area contributed by atoms with E-state index in [2.05, 4.69) is 20.9 Å². The molecule has 0 bridgehead atoms. The number of oxazole rings is 1. The lowest BCUT2D eigenvalue weighted by Gasteiger charge is -2.06. The maximum absolute atomic E-state index is 5.94. The quantitative estimate of drug-likeness (QED) is 0.406. The van der Waals surface area contributed by atoms with Gasteiger partial charge in [-0.2, -0.15) is 4.98 Å². The number of rotatable bonds is 6. The van der Waals surface area contributed by atoms with Gasteiger partial charge in [-0.25, -0.2) is 0 Å². The Balaban J connectivity index is 1.55. The summed E-state index contributed by atoms with van der Waals surface area (Å²) in [6, 6.07) is 23.6. The number of hydrogen-bond acceptors (Lipinski definition) is 4. The van der Waals surface area contributed by atoms with Crippen molar-refractivity contribution in [2.75, 3.05) is 0 Å². The first kappa shape index (κ1) is 16.7. The molecule has 0 saturated heterocycles. The van der Waals surface area contributed by atoms with Crippen molar-refractivity contribution in [2.24, 2.45) is 0 Å². The molecule has 4 nitrogen and oxygen atoms in total. The third kappa shape index (κ3) is 3.73. The van der Waals surface area contributed by atoms with Crippen molar-refractivity contribution in [2.45, 2.75) is 13.2 Å². The number of halogens is 1. The molecule has 130 valence electrons. The highest BCUT2D eigenvalue weighted by molar-refractivity contribution is 9.10. The van der Waals surface area contributed by atoms with Crippen LogP contribution in [0.5, 0.6) is 11.8 Å². The van der Waals surface area contributed by atoms with Gasteiger partial charge < -0.3 is 13.9 Å². The van der Waals surface area contributed by atoms with E-state index in [9.17, 15) is 0 Å². The topological polar surface area (TPSA) is 44.5 Å². The summed E-state index contributed by atoms with van der Waals surface area (Å²) >= 11 is 3.49. The van der Waals surface area contributed by atoms with Crippen LogP contribution < -0.4 is 9.47 Å². The molecule has 0 unspecified atom stereocenters. The molecule has 0 N–H and O–H groups in total. The summed E-state index contributed by atoms with van der Waals surface area (Å²) in [5.74, 6) is 0.658. The van der Waals surface area contributed by atoms with Crippen LogP contribution in [-0.4, -0.2) is 4.98 Å². The van der Waals surface area contributed by atoms with Crippen LogP contribution in [0.3, 0.4) is 0 Å². The molecule has 4 aromatic rings. The van der Waals surface area contributed by atoms with Gasteiger partial charge in [0.05, 0.1) is 4.47 Å². The number of nitrogens with zero attached hydrogens (tertiary/aromatic N) is 1. The molecule has 0 aliphatic rings. The lowest BCUT2D eigenvalue weighted by Crippen LogP contribution is -1.96.